The molecule has 1 saturated carbocycles. The van der Waals surface area contributed by atoms with E-state index in [4.69, 9.17) is 5.11 Å². The molecular formula is C15H24N2O4. The Bertz CT molecular complexity index is 435. The van der Waals surface area contributed by atoms with Crippen molar-refractivity contribution in [3.63, 3.8) is 0 Å². The summed E-state index contributed by atoms with van der Waals surface area (Å²) in [5.74, 6) is -0.442. The van der Waals surface area contributed by atoms with Gasteiger partial charge in [0.2, 0.25) is 11.8 Å². The summed E-state index contributed by atoms with van der Waals surface area (Å²) in [6, 6.07) is 0. The Morgan fingerprint density at radius 3 is 2.00 bits per heavy atom. The van der Waals surface area contributed by atoms with Crippen molar-refractivity contribution in [2.24, 2.45) is 11.3 Å². The van der Waals surface area contributed by atoms with E-state index in [1.54, 1.807) is 18.7 Å². The van der Waals surface area contributed by atoms with Crippen LogP contribution >= 0.6 is 0 Å². The lowest BCUT2D eigenvalue weighted by molar-refractivity contribution is -0.143. The third kappa shape index (κ3) is 4.44. The van der Waals surface area contributed by atoms with Gasteiger partial charge in [-0.15, -0.1) is 0 Å². The van der Waals surface area contributed by atoms with Gasteiger partial charge in [-0.3, -0.25) is 14.4 Å². The second-order valence-corrected chi connectivity index (χ2v) is 6.89. The molecule has 2 rings (SSSR count). The zero-order chi connectivity index (χ0) is 15.6. The highest BCUT2D eigenvalue weighted by molar-refractivity contribution is 5.82. The van der Waals surface area contributed by atoms with Gasteiger partial charge in [-0.25, -0.2) is 0 Å². The molecule has 1 saturated heterocycles. The van der Waals surface area contributed by atoms with E-state index in [1.165, 1.54) is 0 Å². The van der Waals surface area contributed by atoms with Crippen LogP contribution < -0.4 is 0 Å². The predicted octanol–water partition coefficient (Wildman–Crippen LogP) is 0.958. The summed E-state index contributed by atoms with van der Waals surface area (Å²) in [7, 11) is 0. The van der Waals surface area contributed by atoms with Gasteiger partial charge in [0, 0.05) is 38.5 Å². The minimum atomic E-state index is -0.882. The van der Waals surface area contributed by atoms with Crippen molar-refractivity contribution in [1.82, 2.24) is 9.80 Å². The van der Waals surface area contributed by atoms with Crippen LogP contribution in [0.15, 0.2) is 0 Å². The van der Waals surface area contributed by atoms with E-state index >= 15 is 0 Å². The smallest absolute Gasteiger partial charge is 0.303 e. The van der Waals surface area contributed by atoms with Crippen LogP contribution in [0.2, 0.25) is 0 Å². The Morgan fingerprint density at radius 1 is 1.00 bits per heavy atom. The number of carbonyl (C=O) groups is 3. The monoisotopic (exact) mass is 296 g/mol. The molecule has 6 heteroatoms. The quantitative estimate of drug-likeness (QED) is 0.819. The summed E-state index contributed by atoms with van der Waals surface area (Å²) in [6.45, 7) is 5.90. The van der Waals surface area contributed by atoms with Crippen LogP contribution in [-0.4, -0.2) is 58.9 Å². The van der Waals surface area contributed by atoms with Gasteiger partial charge in [-0.2, -0.15) is 0 Å². The Hall–Kier alpha value is -1.59. The van der Waals surface area contributed by atoms with Crippen LogP contribution in [0.4, 0.5) is 0 Å². The van der Waals surface area contributed by atoms with Crippen LogP contribution in [0.25, 0.3) is 0 Å². The summed E-state index contributed by atoms with van der Waals surface area (Å²) >= 11 is 0. The van der Waals surface area contributed by atoms with E-state index in [1.807, 2.05) is 4.90 Å². The summed E-state index contributed by atoms with van der Waals surface area (Å²) in [6.07, 6.45) is 2.22. The molecule has 0 aromatic rings. The van der Waals surface area contributed by atoms with E-state index in [0.29, 0.717) is 26.2 Å². The molecule has 2 fully saturated rings. The van der Waals surface area contributed by atoms with E-state index in [9.17, 15) is 14.4 Å². The average Bonchev–Trinajstić information content (AvgIpc) is 3.20. The number of hydrogen-bond donors (Lipinski definition) is 1. The number of hydrogen-bond acceptors (Lipinski definition) is 3. The number of nitrogens with zero attached hydrogens (tertiary/aromatic N) is 2. The van der Waals surface area contributed by atoms with E-state index in [-0.39, 0.29) is 30.6 Å². The zero-order valence-corrected chi connectivity index (χ0v) is 12.8. The maximum Gasteiger partial charge on any atom is 0.303 e. The molecule has 0 radical (unpaired) electrons. The van der Waals surface area contributed by atoms with Gasteiger partial charge >= 0.3 is 5.97 Å². The fraction of sp³-hybridized carbons (Fsp3) is 0.800. The first-order valence-electron chi connectivity index (χ1n) is 7.57. The van der Waals surface area contributed by atoms with Gasteiger partial charge in [0.15, 0.2) is 0 Å². The molecule has 2 amide bonds. The molecular weight excluding hydrogens is 272 g/mol. The molecule has 1 heterocycles. The Kier molecular flexibility index (Phi) is 4.54. The van der Waals surface area contributed by atoms with Crippen LogP contribution in [0.1, 0.15) is 39.5 Å². The number of carbonyl (C=O) groups excluding carboxylic acids is 2. The van der Waals surface area contributed by atoms with Gasteiger partial charge in [0.25, 0.3) is 0 Å². The van der Waals surface area contributed by atoms with Crippen molar-refractivity contribution in [1.29, 1.82) is 0 Å². The molecule has 118 valence electrons. The Labute approximate surface area is 125 Å². The standard InChI is InChI=1S/C15H24N2O4/c1-15(2,10-13(19)20)9-12(18)16-5-7-17(8-6-16)14(21)11-3-4-11/h11H,3-10H2,1-2H3,(H,19,20). The Balaban J connectivity index is 1.79. The fourth-order valence-corrected chi connectivity index (χ4v) is 2.76. The number of amides is 2. The van der Waals surface area contributed by atoms with Gasteiger partial charge in [-0.1, -0.05) is 13.8 Å². The SMILES string of the molecule is CC(C)(CC(=O)O)CC(=O)N1CCN(C(=O)C2CC2)CC1. The number of aliphatic carboxylic acids is 1. The first kappa shape index (κ1) is 15.8. The highest BCUT2D eigenvalue weighted by Crippen LogP contribution is 2.31. The molecule has 0 unspecified atom stereocenters. The minimum absolute atomic E-state index is 0.0141. The van der Waals surface area contributed by atoms with Crippen molar-refractivity contribution in [2.75, 3.05) is 26.2 Å². The second-order valence-electron chi connectivity index (χ2n) is 6.89. The van der Waals surface area contributed by atoms with E-state index in [2.05, 4.69) is 0 Å². The van der Waals surface area contributed by atoms with Crippen molar-refractivity contribution in [3.8, 4) is 0 Å². The lowest BCUT2D eigenvalue weighted by atomic mass is 9.85. The van der Waals surface area contributed by atoms with Crippen LogP contribution in [0, 0.1) is 11.3 Å². The molecule has 2 aliphatic rings. The predicted molar refractivity (Wildman–Crippen MR) is 76.5 cm³/mol. The van der Waals surface area contributed by atoms with Crippen molar-refractivity contribution >= 4 is 17.8 Å². The fourth-order valence-electron chi connectivity index (χ4n) is 2.76. The Morgan fingerprint density at radius 2 is 1.52 bits per heavy atom. The maximum atomic E-state index is 12.2. The van der Waals surface area contributed by atoms with Crippen molar-refractivity contribution in [3.05, 3.63) is 0 Å². The van der Waals surface area contributed by atoms with Gasteiger partial charge < -0.3 is 14.9 Å². The number of rotatable bonds is 5. The number of carboxylic acid groups (broad SMARTS) is 1. The summed E-state index contributed by atoms with van der Waals surface area (Å²) in [4.78, 5) is 38.6. The highest BCUT2D eigenvalue weighted by Gasteiger charge is 2.35. The highest BCUT2D eigenvalue weighted by atomic mass is 16.4. The normalized spacial score (nSPS) is 19.5. The van der Waals surface area contributed by atoms with Gasteiger partial charge in [-0.05, 0) is 18.3 Å². The molecule has 21 heavy (non-hydrogen) atoms. The van der Waals surface area contributed by atoms with E-state index in [0.717, 1.165) is 12.8 Å². The largest absolute Gasteiger partial charge is 0.481 e. The number of piperazine rings is 1. The van der Waals surface area contributed by atoms with Gasteiger partial charge in [0.05, 0.1) is 6.42 Å². The molecule has 1 aliphatic heterocycles. The third-order valence-electron chi connectivity index (χ3n) is 4.13. The molecule has 0 spiro atoms. The molecule has 0 atom stereocenters. The summed E-state index contributed by atoms with van der Waals surface area (Å²) in [5, 5.41) is 8.86. The van der Waals surface area contributed by atoms with Crippen LogP contribution in [-0.2, 0) is 14.4 Å². The molecule has 1 aliphatic carbocycles. The first-order chi connectivity index (χ1) is 9.78. The zero-order valence-electron chi connectivity index (χ0n) is 12.8. The topological polar surface area (TPSA) is 77.9 Å². The summed E-state index contributed by atoms with van der Waals surface area (Å²) < 4.78 is 0. The third-order valence-corrected chi connectivity index (χ3v) is 4.13. The van der Waals surface area contributed by atoms with Crippen molar-refractivity contribution in [2.45, 2.75) is 39.5 Å². The molecule has 0 bridgehead atoms. The molecule has 0 aromatic heterocycles. The molecule has 0 aromatic carbocycles. The van der Waals surface area contributed by atoms with Crippen LogP contribution in [0.5, 0.6) is 0 Å². The number of carboxylic acids is 1. The van der Waals surface area contributed by atoms with E-state index < -0.39 is 11.4 Å². The molecule has 6 nitrogen and oxygen atoms in total. The molecule has 1 N–H and O–H groups in total. The minimum Gasteiger partial charge on any atom is -0.481 e. The second kappa shape index (κ2) is 6.03. The lowest BCUT2D eigenvalue weighted by Gasteiger charge is -2.36. The average molecular weight is 296 g/mol. The van der Waals surface area contributed by atoms with Gasteiger partial charge in [0.1, 0.15) is 0 Å². The first-order valence-corrected chi connectivity index (χ1v) is 7.57. The maximum absolute atomic E-state index is 12.2. The lowest BCUT2D eigenvalue weighted by Crippen LogP contribution is -2.51. The summed E-state index contributed by atoms with van der Waals surface area (Å²) in [5.41, 5.74) is -0.538. The van der Waals surface area contributed by atoms with Crippen molar-refractivity contribution < 1.29 is 19.5 Å². The van der Waals surface area contributed by atoms with Crippen LogP contribution in [0.3, 0.4) is 0 Å².